The minimum Gasteiger partial charge on any atom is -0.478 e. The van der Waals surface area contributed by atoms with Crippen molar-refractivity contribution in [2.75, 3.05) is 13.6 Å². The van der Waals surface area contributed by atoms with Gasteiger partial charge in [0.15, 0.2) is 5.03 Å². The molecule has 9 heteroatoms. The predicted molar refractivity (Wildman–Crippen MR) is 65.1 cm³/mol. The molecule has 0 saturated heterocycles. The van der Waals surface area contributed by atoms with Gasteiger partial charge in [-0.1, -0.05) is 0 Å². The van der Waals surface area contributed by atoms with Crippen molar-refractivity contribution in [2.45, 2.75) is 11.4 Å². The van der Waals surface area contributed by atoms with Gasteiger partial charge in [-0.15, -0.1) is 0 Å². The van der Waals surface area contributed by atoms with E-state index in [0.29, 0.717) is 0 Å². The van der Waals surface area contributed by atoms with Gasteiger partial charge >= 0.3 is 5.97 Å². The van der Waals surface area contributed by atoms with Crippen molar-refractivity contribution in [1.29, 1.82) is 0 Å². The lowest BCUT2D eigenvalue weighted by molar-refractivity contribution is -0.120. The third kappa shape index (κ3) is 4.30. The summed E-state index contributed by atoms with van der Waals surface area (Å²) in [6.07, 6.45) is 0.957. The van der Waals surface area contributed by atoms with Crippen LogP contribution in [0, 0.1) is 0 Å². The summed E-state index contributed by atoms with van der Waals surface area (Å²) >= 11 is 0. The quantitative estimate of drug-likeness (QED) is 0.628. The minimum atomic E-state index is -3.84. The summed E-state index contributed by atoms with van der Waals surface area (Å²) in [5.74, 6) is -1.49. The van der Waals surface area contributed by atoms with E-state index >= 15 is 0 Å². The molecule has 0 fully saturated rings. The van der Waals surface area contributed by atoms with E-state index in [9.17, 15) is 18.0 Å². The van der Waals surface area contributed by atoms with Crippen LogP contribution in [-0.2, 0) is 14.8 Å². The molecule has 1 aromatic heterocycles. The highest BCUT2D eigenvalue weighted by molar-refractivity contribution is 7.89. The number of sulfonamides is 1. The van der Waals surface area contributed by atoms with Crippen molar-refractivity contribution in [2.24, 2.45) is 0 Å². The average molecular weight is 287 g/mol. The first-order chi connectivity index (χ1) is 8.86. The molecule has 0 aliphatic carbocycles. The summed E-state index contributed by atoms with van der Waals surface area (Å²) in [7, 11) is -2.39. The molecule has 0 aliphatic heterocycles. The van der Waals surface area contributed by atoms with E-state index in [0.717, 1.165) is 18.3 Å². The number of carbonyl (C=O) groups is 2. The second kappa shape index (κ2) is 6.25. The largest absolute Gasteiger partial charge is 0.478 e. The van der Waals surface area contributed by atoms with Crippen LogP contribution < -0.4 is 10.0 Å². The van der Waals surface area contributed by atoms with Crippen molar-refractivity contribution in [3.8, 4) is 0 Å². The summed E-state index contributed by atoms with van der Waals surface area (Å²) in [4.78, 5) is 25.1. The molecule has 0 saturated carbocycles. The fraction of sp³-hybridized carbons (Fsp3) is 0.300. The number of pyridine rings is 1. The lowest BCUT2D eigenvalue weighted by atomic mass is 10.3. The molecule has 3 N–H and O–H groups in total. The number of aromatic carboxylic acids is 1. The Morgan fingerprint density at radius 2 is 2.05 bits per heavy atom. The standard InChI is InChI=1S/C10H13N3O5S/c1-11-8(14)4-5-13-19(17,18)9-3-2-7(6-12-9)10(15)16/h2-3,6,13H,4-5H2,1H3,(H,11,14)(H,15,16). The highest BCUT2D eigenvalue weighted by atomic mass is 32.2. The van der Waals surface area contributed by atoms with E-state index in [4.69, 9.17) is 5.11 Å². The Morgan fingerprint density at radius 3 is 2.53 bits per heavy atom. The van der Waals surface area contributed by atoms with Gasteiger partial charge in [0.05, 0.1) is 5.56 Å². The number of hydrogen-bond donors (Lipinski definition) is 3. The Kier molecular flexibility index (Phi) is 4.95. The van der Waals surface area contributed by atoms with Crippen molar-refractivity contribution in [3.05, 3.63) is 23.9 Å². The maximum atomic E-state index is 11.7. The monoisotopic (exact) mass is 287 g/mol. The number of nitrogens with zero attached hydrogens (tertiary/aromatic N) is 1. The van der Waals surface area contributed by atoms with Gasteiger partial charge in [0.2, 0.25) is 5.91 Å². The van der Waals surface area contributed by atoms with Gasteiger partial charge in [-0.3, -0.25) is 4.79 Å². The lowest BCUT2D eigenvalue weighted by Crippen LogP contribution is -2.29. The van der Waals surface area contributed by atoms with E-state index in [2.05, 4.69) is 15.0 Å². The lowest BCUT2D eigenvalue weighted by Gasteiger charge is -2.05. The Morgan fingerprint density at radius 1 is 1.37 bits per heavy atom. The van der Waals surface area contributed by atoms with Crippen LogP contribution in [0.4, 0.5) is 0 Å². The van der Waals surface area contributed by atoms with Gasteiger partial charge < -0.3 is 10.4 Å². The van der Waals surface area contributed by atoms with E-state index in [1.54, 1.807) is 0 Å². The molecule has 0 radical (unpaired) electrons. The fourth-order valence-electron chi connectivity index (χ4n) is 1.16. The van der Waals surface area contributed by atoms with Gasteiger partial charge in [-0.25, -0.2) is 22.9 Å². The zero-order valence-electron chi connectivity index (χ0n) is 10.1. The van der Waals surface area contributed by atoms with Crippen molar-refractivity contribution in [3.63, 3.8) is 0 Å². The number of rotatable bonds is 6. The zero-order valence-corrected chi connectivity index (χ0v) is 10.9. The van der Waals surface area contributed by atoms with E-state index in [-0.39, 0.29) is 29.5 Å². The van der Waals surface area contributed by atoms with Crippen LogP contribution in [0.25, 0.3) is 0 Å². The molecular formula is C10H13N3O5S. The maximum Gasteiger partial charge on any atom is 0.337 e. The number of amides is 1. The molecule has 1 amide bonds. The van der Waals surface area contributed by atoms with Gasteiger partial charge in [0, 0.05) is 26.2 Å². The maximum absolute atomic E-state index is 11.7. The summed E-state index contributed by atoms with van der Waals surface area (Å²) in [5.41, 5.74) is -0.107. The summed E-state index contributed by atoms with van der Waals surface area (Å²) in [6.45, 7) is -0.0651. The highest BCUT2D eigenvalue weighted by Gasteiger charge is 2.16. The molecule has 0 atom stereocenters. The molecule has 0 aromatic carbocycles. The van der Waals surface area contributed by atoms with Crippen LogP contribution in [0.5, 0.6) is 0 Å². The van der Waals surface area contributed by atoms with E-state index in [1.807, 2.05) is 0 Å². The first-order valence-corrected chi connectivity index (χ1v) is 6.74. The van der Waals surface area contributed by atoms with Crippen molar-refractivity contribution < 1.29 is 23.1 Å². The fourth-order valence-corrected chi connectivity index (χ4v) is 2.12. The van der Waals surface area contributed by atoms with Crippen molar-refractivity contribution in [1.82, 2.24) is 15.0 Å². The molecule has 0 unspecified atom stereocenters. The van der Waals surface area contributed by atoms with Gasteiger partial charge in [0.25, 0.3) is 10.0 Å². The van der Waals surface area contributed by atoms with Crippen LogP contribution in [0.2, 0.25) is 0 Å². The first kappa shape index (κ1) is 15.1. The third-order valence-corrected chi connectivity index (χ3v) is 3.56. The molecule has 8 nitrogen and oxygen atoms in total. The topological polar surface area (TPSA) is 125 Å². The molecule has 0 spiro atoms. The Balaban J connectivity index is 2.72. The molecule has 1 heterocycles. The second-order valence-electron chi connectivity index (χ2n) is 3.51. The minimum absolute atomic E-state index is 0.00292. The molecule has 19 heavy (non-hydrogen) atoms. The predicted octanol–water partition coefficient (Wildman–Crippen LogP) is -0.806. The Bertz CT molecular complexity index is 567. The number of hydrogen-bond acceptors (Lipinski definition) is 5. The van der Waals surface area contributed by atoms with Crippen LogP contribution in [0.1, 0.15) is 16.8 Å². The van der Waals surface area contributed by atoms with Crippen LogP contribution in [0.15, 0.2) is 23.4 Å². The highest BCUT2D eigenvalue weighted by Crippen LogP contribution is 2.06. The summed E-state index contributed by atoms with van der Waals surface area (Å²) in [5, 5.41) is 10.7. The molecule has 1 rings (SSSR count). The number of aromatic nitrogens is 1. The Labute approximate surface area is 109 Å². The second-order valence-corrected chi connectivity index (χ2v) is 5.23. The molecule has 0 aliphatic rings. The first-order valence-electron chi connectivity index (χ1n) is 5.26. The molecular weight excluding hydrogens is 274 g/mol. The van der Waals surface area contributed by atoms with Crippen LogP contribution >= 0.6 is 0 Å². The number of carboxylic acids is 1. The smallest absolute Gasteiger partial charge is 0.337 e. The van der Waals surface area contributed by atoms with Gasteiger partial charge in [0.1, 0.15) is 0 Å². The molecule has 0 bridgehead atoms. The van der Waals surface area contributed by atoms with E-state index in [1.165, 1.54) is 7.05 Å². The van der Waals surface area contributed by atoms with Crippen LogP contribution in [0.3, 0.4) is 0 Å². The van der Waals surface area contributed by atoms with Crippen molar-refractivity contribution >= 4 is 21.9 Å². The van der Waals surface area contributed by atoms with Gasteiger partial charge in [-0.05, 0) is 12.1 Å². The summed E-state index contributed by atoms with van der Waals surface area (Å²) < 4.78 is 25.7. The third-order valence-electron chi connectivity index (χ3n) is 2.18. The number of nitrogens with one attached hydrogen (secondary N) is 2. The SMILES string of the molecule is CNC(=O)CCNS(=O)(=O)c1ccc(C(=O)O)cn1. The molecule has 1 aromatic rings. The zero-order chi connectivity index (χ0) is 14.5. The van der Waals surface area contributed by atoms with Crippen LogP contribution in [-0.4, -0.2) is 44.0 Å². The van der Waals surface area contributed by atoms with E-state index < -0.39 is 16.0 Å². The molecule has 104 valence electrons. The average Bonchev–Trinajstić information content (AvgIpc) is 2.38. The summed E-state index contributed by atoms with van der Waals surface area (Å²) in [6, 6.07) is 2.23. The number of carbonyl (C=O) groups excluding carboxylic acids is 1. The van der Waals surface area contributed by atoms with Gasteiger partial charge in [-0.2, -0.15) is 0 Å². The Hall–Kier alpha value is -2.00. The normalized spacial score (nSPS) is 11.0. The number of carboxylic acid groups (broad SMARTS) is 1.